The maximum Gasteiger partial charge on any atom is 0.258 e. The minimum Gasteiger partial charge on any atom is -0.490 e. The number of benzene rings is 6. The van der Waals surface area contributed by atoms with Crippen molar-refractivity contribution in [1.29, 1.82) is 0 Å². The van der Waals surface area contributed by atoms with Crippen LogP contribution in [-0.2, 0) is 22.4 Å². The number of nitrogens with zero attached hydrogens (tertiary/aromatic N) is 2. The van der Waals surface area contributed by atoms with E-state index in [2.05, 4.69) is 34.9 Å². The summed E-state index contributed by atoms with van der Waals surface area (Å²) in [6.45, 7) is 3.99. The molecule has 360 valence electrons. The molecule has 0 unspecified atom stereocenters. The molecule has 10 heteroatoms. The van der Waals surface area contributed by atoms with Gasteiger partial charge in [-0.05, 0) is 73.2 Å². The van der Waals surface area contributed by atoms with Crippen molar-refractivity contribution in [2.75, 3.05) is 14.1 Å². The first-order valence-corrected chi connectivity index (χ1v) is 24.2. The fourth-order valence-electron chi connectivity index (χ4n) is 8.67. The monoisotopic (exact) mass is 936 g/mol. The molecule has 2 N–H and O–H groups in total. The fraction of sp³-hybridized carbons (Fsp3) is 0.267. The van der Waals surface area contributed by atoms with Gasteiger partial charge >= 0.3 is 0 Å². The van der Waals surface area contributed by atoms with Gasteiger partial charge in [-0.1, -0.05) is 170 Å². The SMILES string of the molecule is C[C@@H]1C/C=C/C[C@@H](c2ccccc2)NC(=O)[C@H](Cc2ccccc2)N(C)C(=O)c2ccccc2O1.C[C@@H]1C/C=C\C[C@@H](c2ccccc2)NC(=O)[C@H](Cc2ccccc2)N(C)C(=O)c2ccccc2O1. The lowest BCUT2D eigenvalue weighted by Gasteiger charge is -2.30. The number of carbonyl (C=O) groups excluding carboxylic acids is 4. The molecule has 0 saturated carbocycles. The Balaban J connectivity index is 0.000000206. The average molecular weight is 937 g/mol. The first kappa shape index (κ1) is 50.2. The predicted octanol–water partition coefficient (Wildman–Crippen LogP) is 10.7. The Bertz CT molecular complexity index is 2510. The van der Waals surface area contributed by atoms with E-state index in [0.717, 1.165) is 22.3 Å². The largest absolute Gasteiger partial charge is 0.490 e. The third kappa shape index (κ3) is 13.7. The van der Waals surface area contributed by atoms with Gasteiger partial charge in [0, 0.05) is 39.8 Å². The van der Waals surface area contributed by atoms with Crippen molar-refractivity contribution in [3.63, 3.8) is 0 Å². The van der Waals surface area contributed by atoms with E-state index in [0.29, 0.717) is 61.2 Å². The second-order valence-corrected chi connectivity index (χ2v) is 17.9. The van der Waals surface area contributed by atoms with Gasteiger partial charge in [0.15, 0.2) is 0 Å². The van der Waals surface area contributed by atoms with Crippen LogP contribution in [0.2, 0.25) is 0 Å². The molecule has 0 fully saturated rings. The van der Waals surface area contributed by atoms with Gasteiger partial charge in [0.2, 0.25) is 11.8 Å². The molecule has 2 heterocycles. The van der Waals surface area contributed by atoms with E-state index < -0.39 is 12.1 Å². The van der Waals surface area contributed by atoms with E-state index in [-0.39, 0.29) is 47.9 Å². The summed E-state index contributed by atoms with van der Waals surface area (Å²) in [7, 11) is 3.39. The summed E-state index contributed by atoms with van der Waals surface area (Å²) in [6.07, 6.45) is 11.7. The highest BCUT2D eigenvalue weighted by Crippen LogP contribution is 2.27. The van der Waals surface area contributed by atoms with Crippen LogP contribution in [0.4, 0.5) is 0 Å². The molecule has 6 atom stereocenters. The van der Waals surface area contributed by atoms with Gasteiger partial charge in [0.1, 0.15) is 23.6 Å². The minimum absolute atomic E-state index is 0.0988. The molecule has 2 aliphatic rings. The van der Waals surface area contributed by atoms with E-state index in [1.807, 2.05) is 172 Å². The summed E-state index contributed by atoms with van der Waals surface area (Å²) in [5.74, 6) is 0.207. The van der Waals surface area contributed by atoms with E-state index >= 15 is 0 Å². The molecule has 0 saturated heterocycles. The molecule has 0 radical (unpaired) electrons. The lowest BCUT2D eigenvalue weighted by molar-refractivity contribution is -0.126. The van der Waals surface area contributed by atoms with Crippen molar-refractivity contribution in [1.82, 2.24) is 20.4 Å². The predicted molar refractivity (Wildman–Crippen MR) is 277 cm³/mol. The van der Waals surface area contributed by atoms with E-state index in [1.54, 1.807) is 36.0 Å². The van der Waals surface area contributed by atoms with Crippen molar-refractivity contribution in [2.24, 2.45) is 0 Å². The number of amides is 4. The van der Waals surface area contributed by atoms with Crippen molar-refractivity contribution < 1.29 is 28.7 Å². The van der Waals surface area contributed by atoms with Crippen molar-refractivity contribution in [2.45, 2.75) is 88.7 Å². The van der Waals surface area contributed by atoms with Gasteiger partial charge in [-0.25, -0.2) is 0 Å². The quantitative estimate of drug-likeness (QED) is 0.161. The number of carbonyl (C=O) groups is 4. The number of rotatable bonds is 6. The maximum absolute atomic E-state index is 13.7. The van der Waals surface area contributed by atoms with Crippen LogP contribution in [0.1, 0.15) is 94.6 Å². The zero-order valence-corrected chi connectivity index (χ0v) is 40.5. The molecule has 0 aromatic heterocycles. The number of hydrogen-bond donors (Lipinski definition) is 2. The van der Waals surface area contributed by atoms with E-state index in [1.165, 1.54) is 0 Å². The highest BCUT2D eigenvalue weighted by Gasteiger charge is 2.33. The van der Waals surface area contributed by atoms with Crippen LogP contribution in [0.3, 0.4) is 0 Å². The summed E-state index contributed by atoms with van der Waals surface area (Å²) in [6, 6.07) is 52.2. The highest BCUT2D eigenvalue weighted by molar-refractivity contribution is 6.00. The minimum atomic E-state index is -0.687. The summed E-state index contributed by atoms with van der Waals surface area (Å²) < 4.78 is 12.3. The van der Waals surface area contributed by atoms with Gasteiger partial charge in [-0.15, -0.1) is 0 Å². The van der Waals surface area contributed by atoms with Crippen LogP contribution >= 0.6 is 0 Å². The normalized spacial score (nSPS) is 22.3. The average Bonchev–Trinajstić information content (AvgIpc) is 3.39. The van der Waals surface area contributed by atoms with Gasteiger partial charge in [0.25, 0.3) is 11.8 Å². The lowest BCUT2D eigenvalue weighted by Crippen LogP contribution is -2.49. The van der Waals surface area contributed by atoms with Crippen LogP contribution in [0, 0.1) is 0 Å². The molecule has 8 rings (SSSR count). The van der Waals surface area contributed by atoms with Crippen molar-refractivity contribution >= 4 is 23.6 Å². The number of ether oxygens (including phenoxy) is 2. The Kier molecular flexibility index (Phi) is 18.0. The summed E-state index contributed by atoms with van der Waals surface area (Å²) >= 11 is 0. The van der Waals surface area contributed by atoms with Crippen LogP contribution < -0.4 is 20.1 Å². The summed E-state index contributed by atoms with van der Waals surface area (Å²) in [5.41, 5.74) is 4.94. The summed E-state index contributed by atoms with van der Waals surface area (Å²) in [4.78, 5) is 57.9. The van der Waals surface area contributed by atoms with Crippen molar-refractivity contribution in [3.8, 4) is 11.5 Å². The molecule has 70 heavy (non-hydrogen) atoms. The Morgan fingerprint density at radius 3 is 1.11 bits per heavy atom. The standard InChI is InChI=1S/2C30H32N2O3/c2*1-22-13-9-11-19-26(24-16-7-4-8-17-24)31-29(33)27(21-23-14-5-3-6-15-23)32(2)30(34)25-18-10-12-20-28(25)35-22/h2*3-12,14-18,20,22,26-27H,13,19,21H2,1-2H3,(H,31,33)/b11-9+;11-9-/t2*22-,26+,27+/m11/s1. The maximum atomic E-state index is 13.7. The fourth-order valence-corrected chi connectivity index (χ4v) is 8.67. The second-order valence-electron chi connectivity index (χ2n) is 17.9. The topological polar surface area (TPSA) is 117 Å². The third-order valence-corrected chi connectivity index (χ3v) is 12.7. The van der Waals surface area contributed by atoms with Gasteiger partial charge < -0.3 is 29.9 Å². The highest BCUT2D eigenvalue weighted by atomic mass is 16.5. The molecule has 2 aliphatic heterocycles. The zero-order chi connectivity index (χ0) is 49.2. The molecule has 10 nitrogen and oxygen atoms in total. The number of hydrogen-bond acceptors (Lipinski definition) is 6. The second kappa shape index (κ2) is 25.1. The van der Waals surface area contributed by atoms with Crippen LogP contribution in [0.15, 0.2) is 194 Å². The first-order valence-electron chi connectivity index (χ1n) is 24.2. The van der Waals surface area contributed by atoms with Gasteiger partial charge in [-0.3, -0.25) is 19.2 Å². The van der Waals surface area contributed by atoms with Crippen LogP contribution in [0.25, 0.3) is 0 Å². The molecule has 0 bridgehead atoms. The Labute approximate surface area is 413 Å². The number of fused-ring (bicyclic) bond motifs is 2. The van der Waals surface area contributed by atoms with Crippen LogP contribution in [-0.4, -0.2) is 71.8 Å². The van der Waals surface area contributed by atoms with E-state index in [9.17, 15) is 19.2 Å². The Morgan fingerprint density at radius 1 is 0.429 bits per heavy atom. The van der Waals surface area contributed by atoms with E-state index in [4.69, 9.17) is 9.47 Å². The molecule has 0 spiro atoms. The lowest BCUT2D eigenvalue weighted by atomic mass is 9.99. The van der Waals surface area contributed by atoms with Crippen molar-refractivity contribution in [3.05, 3.63) is 228 Å². The Morgan fingerprint density at radius 2 is 0.743 bits per heavy atom. The Hall–Kier alpha value is -7.72. The number of nitrogens with one attached hydrogen (secondary N) is 2. The molecule has 6 aromatic rings. The first-order chi connectivity index (χ1) is 34.0. The molecular formula is C60H64N4O6. The van der Waals surface area contributed by atoms with Crippen LogP contribution in [0.5, 0.6) is 11.5 Å². The zero-order valence-electron chi connectivity index (χ0n) is 40.5. The number of para-hydroxylation sites is 2. The molecular weight excluding hydrogens is 873 g/mol. The number of likely N-dealkylation sites (N-methyl/N-ethyl adjacent to an activating group) is 2. The molecule has 4 amide bonds. The molecule has 6 aromatic carbocycles. The third-order valence-electron chi connectivity index (χ3n) is 12.7. The van der Waals surface area contributed by atoms with Gasteiger partial charge in [-0.2, -0.15) is 0 Å². The summed E-state index contributed by atoms with van der Waals surface area (Å²) in [5, 5.41) is 6.46. The van der Waals surface area contributed by atoms with Gasteiger partial charge in [0.05, 0.1) is 35.4 Å². The smallest absolute Gasteiger partial charge is 0.258 e. The molecule has 0 aliphatic carbocycles.